The Balaban J connectivity index is 1.92. The van der Waals surface area contributed by atoms with Gasteiger partial charge in [0.05, 0.1) is 17.5 Å². The molecule has 2 heterocycles. The van der Waals surface area contributed by atoms with Gasteiger partial charge in [-0.15, -0.1) is 0 Å². The zero-order valence-electron chi connectivity index (χ0n) is 8.84. The molecule has 5 heteroatoms. The fourth-order valence-corrected chi connectivity index (χ4v) is 1.90. The third-order valence-corrected chi connectivity index (χ3v) is 3.27. The van der Waals surface area contributed by atoms with Crippen molar-refractivity contribution in [2.75, 3.05) is 0 Å². The Morgan fingerprint density at radius 2 is 2.19 bits per heavy atom. The first-order valence-corrected chi connectivity index (χ1v) is 5.65. The lowest BCUT2D eigenvalue weighted by atomic mass is 10.3. The van der Waals surface area contributed by atoms with Crippen LogP contribution < -0.4 is 5.32 Å². The lowest BCUT2D eigenvalue weighted by Crippen LogP contribution is -2.14. The third kappa shape index (κ3) is 2.43. The van der Waals surface area contributed by atoms with Gasteiger partial charge in [0.15, 0.2) is 0 Å². The second kappa shape index (κ2) is 4.95. The van der Waals surface area contributed by atoms with Gasteiger partial charge in [-0.25, -0.2) is 0 Å². The van der Waals surface area contributed by atoms with Gasteiger partial charge in [0.2, 0.25) is 0 Å². The minimum atomic E-state index is 0.571. The summed E-state index contributed by atoms with van der Waals surface area (Å²) in [5, 5.41) is 4.45. The molecule has 86 valence electrons. The van der Waals surface area contributed by atoms with E-state index in [1.54, 1.807) is 12.5 Å². The molecule has 2 aromatic heterocycles. The van der Waals surface area contributed by atoms with Gasteiger partial charge in [0.25, 0.3) is 0 Å². The number of furan rings is 1. The minimum Gasteiger partial charge on any atom is -0.472 e. The van der Waals surface area contributed by atoms with E-state index in [2.05, 4.69) is 5.32 Å². The van der Waals surface area contributed by atoms with Crippen LogP contribution in [0.1, 0.15) is 11.3 Å². The second-order valence-corrected chi connectivity index (χ2v) is 4.33. The van der Waals surface area contributed by atoms with Gasteiger partial charge in [-0.05, 0) is 12.1 Å². The summed E-state index contributed by atoms with van der Waals surface area (Å²) in [4.78, 5) is 0. The van der Waals surface area contributed by atoms with Crippen LogP contribution in [0.3, 0.4) is 0 Å². The fourth-order valence-electron chi connectivity index (χ4n) is 1.49. The van der Waals surface area contributed by atoms with Crippen molar-refractivity contribution in [3.8, 4) is 0 Å². The van der Waals surface area contributed by atoms with E-state index in [1.165, 1.54) is 0 Å². The summed E-state index contributed by atoms with van der Waals surface area (Å²) < 4.78 is 6.84. The highest BCUT2D eigenvalue weighted by Gasteiger charge is 2.08. The van der Waals surface area contributed by atoms with Gasteiger partial charge < -0.3 is 14.3 Å². The van der Waals surface area contributed by atoms with Crippen molar-refractivity contribution in [2.24, 2.45) is 7.05 Å². The molecule has 0 amide bonds. The predicted octanol–water partition coefficient (Wildman–Crippen LogP) is 3.21. The Hall–Kier alpha value is -0.900. The number of halogens is 2. The molecule has 0 aliphatic rings. The van der Waals surface area contributed by atoms with E-state index in [4.69, 9.17) is 27.6 Å². The van der Waals surface area contributed by atoms with Crippen LogP contribution >= 0.6 is 23.2 Å². The molecular formula is C11H12Cl2N2O. The first-order chi connectivity index (χ1) is 7.68. The van der Waals surface area contributed by atoms with Crippen molar-refractivity contribution < 1.29 is 4.42 Å². The first-order valence-electron chi connectivity index (χ1n) is 4.90. The van der Waals surface area contributed by atoms with Crippen LogP contribution in [0.15, 0.2) is 29.1 Å². The summed E-state index contributed by atoms with van der Waals surface area (Å²) >= 11 is 11.9. The fraction of sp³-hybridized carbons (Fsp3) is 0.273. The maximum Gasteiger partial charge on any atom is 0.127 e. The Morgan fingerprint density at radius 3 is 2.75 bits per heavy atom. The molecule has 0 bridgehead atoms. The number of rotatable bonds is 4. The molecule has 3 nitrogen and oxygen atoms in total. The van der Waals surface area contributed by atoms with Crippen LogP contribution in [0, 0.1) is 0 Å². The SMILES string of the molecule is Cn1c(CNCc2ccoc2)cc(Cl)c1Cl. The number of hydrogen-bond donors (Lipinski definition) is 1. The molecule has 0 aliphatic heterocycles. The molecular weight excluding hydrogens is 247 g/mol. The van der Waals surface area contributed by atoms with Crippen molar-refractivity contribution in [2.45, 2.75) is 13.1 Å². The molecule has 0 spiro atoms. The Bertz CT molecular complexity index is 463. The lowest BCUT2D eigenvalue weighted by molar-refractivity contribution is 0.559. The van der Waals surface area contributed by atoms with Crippen LogP contribution in [-0.4, -0.2) is 4.57 Å². The molecule has 2 aromatic rings. The molecule has 2 rings (SSSR count). The van der Waals surface area contributed by atoms with Gasteiger partial charge in [-0.1, -0.05) is 23.2 Å². The van der Waals surface area contributed by atoms with E-state index < -0.39 is 0 Å². The molecule has 0 saturated carbocycles. The summed E-state index contributed by atoms with van der Waals surface area (Å²) in [5.41, 5.74) is 2.17. The van der Waals surface area contributed by atoms with E-state index in [-0.39, 0.29) is 0 Å². The van der Waals surface area contributed by atoms with E-state index in [0.29, 0.717) is 16.7 Å². The summed E-state index contributed by atoms with van der Waals surface area (Å²) in [6.45, 7) is 1.48. The van der Waals surface area contributed by atoms with Crippen LogP contribution in [0.5, 0.6) is 0 Å². The van der Waals surface area contributed by atoms with E-state index in [0.717, 1.165) is 17.8 Å². The highest BCUT2D eigenvalue weighted by atomic mass is 35.5. The average Bonchev–Trinajstić information content (AvgIpc) is 2.85. The third-order valence-electron chi connectivity index (χ3n) is 2.43. The van der Waals surface area contributed by atoms with Gasteiger partial charge in [0, 0.05) is 31.4 Å². The van der Waals surface area contributed by atoms with Gasteiger partial charge >= 0.3 is 0 Å². The molecule has 0 radical (unpaired) electrons. The maximum atomic E-state index is 5.97. The quantitative estimate of drug-likeness (QED) is 0.913. The highest BCUT2D eigenvalue weighted by molar-refractivity contribution is 6.41. The zero-order valence-corrected chi connectivity index (χ0v) is 10.3. The molecule has 0 aromatic carbocycles. The van der Waals surface area contributed by atoms with E-state index in [1.807, 2.05) is 23.7 Å². The number of nitrogens with one attached hydrogen (secondary N) is 1. The summed E-state index contributed by atoms with van der Waals surface area (Å²) in [5.74, 6) is 0. The molecule has 0 saturated heterocycles. The van der Waals surface area contributed by atoms with Crippen molar-refractivity contribution in [3.63, 3.8) is 0 Å². The molecule has 16 heavy (non-hydrogen) atoms. The van der Waals surface area contributed by atoms with Gasteiger partial charge in [0.1, 0.15) is 5.15 Å². The Labute approximate surface area is 104 Å². The maximum absolute atomic E-state index is 5.97. The van der Waals surface area contributed by atoms with E-state index >= 15 is 0 Å². The largest absolute Gasteiger partial charge is 0.472 e. The minimum absolute atomic E-state index is 0.571. The van der Waals surface area contributed by atoms with Crippen molar-refractivity contribution >= 4 is 23.2 Å². The molecule has 0 fully saturated rings. The van der Waals surface area contributed by atoms with Crippen molar-refractivity contribution in [1.82, 2.24) is 9.88 Å². The molecule has 0 unspecified atom stereocenters. The normalized spacial score (nSPS) is 10.9. The predicted molar refractivity (Wildman–Crippen MR) is 64.7 cm³/mol. The highest BCUT2D eigenvalue weighted by Crippen LogP contribution is 2.24. The van der Waals surface area contributed by atoms with Gasteiger partial charge in [-0.3, -0.25) is 0 Å². The lowest BCUT2D eigenvalue weighted by Gasteiger charge is -2.05. The topological polar surface area (TPSA) is 30.1 Å². The number of nitrogens with zero attached hydrogens (tertiary/aromatic N) is 1. The molecule has 0 atom stereocenters. The first kappa shape index (κ1) is 11.6. The standard InChI is InChI=1S/C11H12Cl2N2O/c1-15-9(4-10(12)11(15)13)6-14-5-8-2-3-16-7-8/h2-4,7,14H,5-6H2,1H3. The van der Waals surface area contributed by atoms with Crippen LogP contribution in [0.2, 0.25) is 10.2 Å². The van der Waals surface area contributed by atoms with Crippen LogP contribution in [0.25, 0.3) is 0 Å². The zero-order chi connectivity index (χ0) is 11.5. The molecule has 1 N–H and O–H groups in total. The van der Waals surface area contributed by atoms with Crippen molar-refractivity contribution in [3.05, 3.63) is 46.1 Å². The number of aromatic nitrogens is 1. The number of hydrogen-bond acceptors (Lipinski definition) is 2. The Morgan fingerprint density at radius 1 is 1.38 bits per heavy atom. The summed E-state index contributed by atoms with van der Waals surface area (Å²) in [7, 11) is 1.89. The monoisotopic (exact) mass is 258 g/mol. The Kier molecular flexibility index (Phi) is 3.59. The molecule has 0 aliphatic carbocycles. The van der Waals surface area contributed by atoms with Crippen LogP contribution in [-0.2, 0) is 20.1 Å². The average molecular weight is 259 g/mol. The van der Waals surface area contributed by atoms with Gasteiger partial charge in [-0.2, -0.15) is 0 Å². The summed E-state index contributed by atoms with van der Waals surface area (Å²) in [6.07, 6.45) is 3.38. The smallest absolute Gasteiger partial charge is 0.127 e. The summed E-state index contributed by atoms with van der Waals surface area (Å²) in [6, 6.07) is 3.80. The van der Waals surface area contributed by atoms with Crippen molar-refractivity contribution in [1.29, 1.82) is 0 Å². The van der Waals surface area contributed by atoms with Crippen LogP contribution in [0.4, 0.5) is 0 Å². The van der Waals surface area contributed by atoms with E-state index in [9.17, 15) is 0 Å². The second-order valence-electron chi connectivity index (χ2n) is 3.57.